The van der Waals surface area contributed by atoms with Crippen LogP contribution in [0, 0.1) is 0 Å². The largest absolute Gasteiger partial charge is 0.330 e. The SMILES string of the molecule is NCCCCCc1nc(CCc2ccccc2)n[nH]1. The molecule has 0 aliphatic rings. The van der Waals surface area contributed by atoms with Gasteiger partial charge in [-0.25, -0.2) is 4.98 Å². The van der Waals surface area contributed by atoms with Crippen molar-refractivity contribution < 1.29 is 0 Å². The number of nitrogens with two attached hydrogens (primary N) is 1. The summed E-state index contributed by atoms with van der Waals surface area (Å²) in [6, 6.07) is 10.4. The number of unbranched alkanes of at least 4 members (excludes halogenated alkanes) is 2. The molecule has 1 heterocycles. The van der Waals surface area contributed by atoms with E-state index in [1.165, 1.54) is 5.56 Å². The summed E-state index contributed by atoms with van der Waals surface area (Å²) in [5.41, 5.74) is 6.80. The van der Waals surface area contributed by atoms with Crippen LogP contribution in [0.1, 0.15) is 36.5 Å². The second-order valence-electron chi connectivity index (χ2n) is 4.78. The molecule has 0 saturated heterocycles. The van der Waals surface area contributed by atoms with Crippen LogP contribution in [0.4, 0.5) is 0 Å². The Balaban J connectivity index is 1.74. The molecule has 0 amide bonds. The zero-order valence-electron chi connectivity index (χ0n) is 11.3. The van der Waals surface area contributed by atoms with Crippen LogP contribution in [0.15, 0.2) is 30.3 Å². The molecule has 0 radical (unpaired) electrons. The van der Waals surface area contributed by atoms with Gasteiger partial charge in [0.15, 0.2) is 5.82 Å². The molecular formula is C15H22N4. The van der Waals surface area contributed by atoms with E-state index >= 15 is 0 Å². The molecule has 1 aromatic heterocycles. The Morgan fingerprint density at radius 1 is 0.947 bits per heavy atom. The van der Waals surface area contributed by atoms with Gasteiger partial charge in [-0.1, -0.05) is 36.8 Å². The fourth-order valence-corrected chi connectivity index (χ4v) is 2.07. The number of H-pyrrole nitrogens is 1. The molecule has 0 saturated carbocycles. The van der Waals surface area contributed by atoms with Gasteiger partial charge in [-0.3, -0.25) is 5.10 Å². The van der Waals surface area contributed by atoms with E-state index in [-0.39, 0.29) is 0 Å². The van der Waals surface area contributed by atoms with E-state index in [4.69, 9.17) is 5.73 Å². The number of aromatic amines is 1. The molecule has 1 aromatic carbocycles. The molecule has 4 heteroatoms. The minimum absolute atomic E-state index is 0.777. The Morgan fingerprint density at radius 2 is 1.79 bits per heavy atom. The number of hydrogen-bond donors (Lipinski definition) is 2. The number of aromatic nitrogens is 3. The van der Waals surface area contributed by atoms with Crippen molar-refractivity contribution in [1.29, 1.82) is 0 Å². The van der Waals surface area contributed by atoms with Gasteiger partial charge in [-0.05, 0) is 31.4 Å². The third-order valence-corrected chi connectivity index (χ3v) is 3.18. The quantitative estimate of drug-likeness (QED) is 0.714. The maximum atomic E-state index is 5.47. The number of hydrogen-bond acceptors (Lipinski definition) is 3. The highest BCUT2D eigenvalue weighted by atomic mass is 15.2. The van der Waals surface area contributed by atoms with Gasteiger partial charge in [0.05, 0.1) is 0 Å². The number of nitrogens with zero attached hydrogens (tertiary/aromatic N) is 2. The molecule has 0 aliphatic heterocycles. The summed E-state index contributed by atoms with van der Waals surface area (Å²) in [5.74, 6) is 1.91. The zero-order chi connectivity index (χ0) is 13.3. The van der Waals surface area contributed by atoms with Crippen LogP contribution in [-0.4, -0.2) is 21.7 Å². The lowest BCUT2D eigenvalue weighted by atomic mass is 10.1. The molecule has 0 spiro atoms. The minimum Gasteiger partial charge on any atom is -0.330 e. The highest BCUT2D eigenvalue weighted by molar-refractivity contribution is 5.15. The number of benzene rings is 1. The maximum absolute atomic E-state index is 5.47. The third-order valence-electron chi connectivity index (χ3n) is 3.18. The van der Waals surface area contributed by atoms with Crippen LogP contribution in [0.25, 0.3) is 0 Å². The maximum Gasteiger partial charge on any atom is 0.151 e. The predicted molar refractivity (Wildman–Crippen MR) is 76.8 cm³/mol. The van der Waals surface area contributed by atoms with Crippen LogP contribution in [0.5, 0.6) is 0 Å². The molecule has 2 rings (SSSR count). The summed E-state index contributed by atoms with van der Waals surface area (Å²) in [6.07, 6.45) is 6.24. The normalized spacial score (nSPS) is 10.8. The summed E-state index contributed by atoms with van der Waals surface area (Å²) in [6.45, 7) is 0.777. The zero-order valence-corrected chi connectivity index (χ0v) is 11.3. The van der Waals surface area contributed by atoms with E-state index in [0.29, 0.717) is 0 Å². The lowest BCUT2D eigenvalue weighted by molar-refractivity contribution is 0.670. The topological polar surface area (TPSA) is 67.6 Å². The molecule has 0 bridgehead atoms. The molecule has 0 fully saturated rings. The Bertz CT molecular complexity index is 464. The van der Waals surface area contributed by atoms with Crippen LogP contribution in [0.3, 0.4) is 0 Å². The van der Waals surface area contributed by atoms with Gasteiger partial charge in [0.1, 0.15) is 5.82 Å². The lowest BCUT2D eigenvalue weighted by Gasteiger charge is -1.97. The molecular weight excluding hydrogens is 236 g/mol. The number of aryl methyl sites for hydroxylation is 3. The van der Waals surface area contributed by atoms with Crippen molar-refractivity contribution in [2.45, 2.75) is 38.5 Å². The highest BCUT2D eigenvalue weighted by Crippen LogP contribution is 2.05. The number of nitrogens with one attached hydrogen (secondary N) is 1. The highest BCUT2D eigenvalue weighted by Gasteiger charge is 2.03. The Kier molecular flexibility index (Phi) is 5.56. The smallest absolute Gasteiger partial charge is 0.151 e. The Labute approximate surface area is 114 Å². The van der Waals surface area contributed by atoms with E-state index < -0.39 is 0 Å². The standard InChI is InChI=1S/C15H22N4/c16-12-6-2-5-9-14-17-15(19-18-14)11-10-13-7-3-1-4-8-13/h1,3-4,7-8H,2,5-6,9-12,16H2,(H,17,18,19). The number of rotatable bonds is 8. The van der Waals surface area contributed by atoms with Crippen molar-refractivity contribution in [2.24, 2.45) is 5.73 Å². The predicted octanol–water partition coefficient (Wildman–Crippen LogP) is 2.26. The van der Waals surface area contributed by atoms with Crippen LogP contribution in [-0.2, 0) is 19.3 Å². The average Bonchev–Trinajstić information content (AvgIpc) is 2.91. The fraction of sp³-hybridized carbons (Fsp3) is 0.467. The van der Waals surface area contributed by atoms with Crippen LogP contribution in [0.2, 0.25) is 0 Å². The first-order valence-electron chi connectivity index (χ1n) is 7.02. The van der Waals surface area contributed by atoms with Gasteiger partial charge in [0, 0.05) is 12.8 Å². The molecule has 3 N–H and O–H groups in total. The fourth-order valence-electron chi connectivity index (χ4n) is 2.07. The molecule has 4 nitrogen and oxygen atoms in total. The van der Waals surface area contributed by atoms with E-state index in [9.17, 15) is 0 Å². The summed E-state index contributed by atoms with van der Waals surface area (Å²) >= 11 is 0. The van der Waals surface area contributed by atoms with E-state index in [0.717, 1.165) is 56.7 Å². The second kappa shape index (κ2) is 7.69. The monoisotopic (exact) mass is 258 g/mol. The van der Waals surface area contributed by atoms with Crippen LogP contribution >= 0.6 is 0 Å². The molecule has 0 atom stereocenters. The van der Waals surface area contributed by atoms with Gasteiger partial charge in [-0.2, -0.15) is 5.10 Å². The first-order valence-corrected chi connectivity index (χ1v) is 7.02. The summed E-state index contributed by atoms with van der Waals surface area (Å²) < 4.78 is 0. The molecule has 102 valence electrons. The molecule has 0 aliphatic carbocycles. The van der Waals surface area contributed by atoms with E-state index in [2.05, 4.69) is 39.4 Å². The van der Waals surface area contributed by atoms with E-state index in [1.807, 2.05) is 6.07 Å². The summed E-state index contributed by atoms with van der Waals surface area (Å²) in [7, 11) is 0. The molecule has 19 heavy (non-hydrogen) atoms. The van der Waals surface area contributed by atoms with Crippen molar-refractivity contribution in [3.05, 3.63) is 47.5 Å². The van der Waals surface area contributed by atoms with Gasteiger partial charge < -0.3 is 5.73 Å². The second-order valence-corrected chi connectivity index (χ2v) is 4.78. The van der Waals surface area contributed by atoms with Gasteiger partial charge in [0.25, 0.3) is 0 Å². The Hall–Kier alpha value is -1.68. The van der Waals surface area contributed by atoms with Gasteiger partial charge in [-0.15, -0.1) is 0 Å². The summed E-state index contributed by atoms with van der Waals surface area (Å²) in [4.78, 5) is 4.53. The van der Waals surface area contributed by atoms with Crippen molar-refractivity contribution in [1.82, 2.24) is 15.2 Å². The minimum atomic E-state index is 0.777. The Morgan fingerprint density at radius 3 is 2.58 bits per heavy atom. The van der Waals surface area contributed by atoms with Crippen LogP contribution < -0.4 is 5.73 Å². The van der Waals surface area contributed by atoms with E-state index in [1.54, 1.807) is 0 Å². The lowest BCUT2D eigenvalue weighted by Crippen LogP contribution is -1.98. The van der Waals surface area contributed by atoms with Crippen molar-refractivity contribution in [3.8, 4) is 0 Å². The van der Waals surface area contributed by atoms with Gasteiger partial charge >= 0.3 is 0 Å². The van der Waals surface area contributed by atoms with Gasteiger partial charge in [0.2, 0.25) is 0 Å². The summed E-state index contributed by atoms with van der Waals surface area (Å²) in [5, 5.41) is 7.30. The molecule has 2 aromatic rings. The third kappa shape index (κ3) is 4.83. The van der Waals surface area contributed by atoms with Crippen molar-refractivity contribution in [3.63, 3.8) is 0 Å². The van der Waals surface area contributed by atoms with Crippen molar-refractivity contribution in [2.75, 3.05) is 6.54 Å². The first-order chi connectivity index (χ1) is 9.38. The first kappa shape index (κ1) is 13.7. The van der Waals surface area contributed by atoms with Crippen molar-refractivity contribution >= 4 is 0 Å². The molecule has 0 unspecified atom stereocenters. The average molecular weight is 258 g/mol.